The predicted octanol–water partition coefficient (Wildman–Crippen LogP) is 2.73. The van der Waals surface area contributed by atoms with Gasteiger partial charge in [0.15, 0.2) is 4.96 Å². The van der Waals surface area contributed by atoms with Crippen LogP contribution in [-0.4, -0.2) is 35.2 Å². The minimum absolute atomic E-state index is 0.254. The number of hydrogen-bond donors (Lipinski definition) is 1. The summed E-state index contributed by atoms with van der Waals surface area (Å²) in [5.41, 5.74) is 1.14. The van der Waals surface area contributed by atoms with Crippen LogP contribution < -0.4 is 5.32 Å². The van der Waals surface area contributed by atoms with Gasteiger partial charge in [-0.2, -0.15) is 0 Å². The van der Waals surface area contributed by atoms with Crippen LogP contribution in [0.1, 0.15) is 32.4 Å². The Balaban J connectivity index is 2.08. The Morgan fingerprint density at radius 3 is 2.95 bits per heavy atom. The van der Waals surface area contributed by atoms with Crippen LogP contribution in [0.25, 0.3) is 4.96 Å². The number of likely N-dealkylation sites (N-methyl/N-ethyl adjacent to an activating group) is 1. The smallest absolute Gasteiger partial charge is 0.193 e. The van der Waals surface area contributed by atoms with Gasteiger partial charge in [-0.25, -0.2) is 4.98 Å². The number of nitrogens with one attached hydrogen (secondary N) is 1. The summed E-state index contributed by atoms with van der Waals surface area (Å²) in [4.78, 5) is 5.72. The first kappa shape index (κ1) is 14.5. The molecule has 2 rings (SSSR count). The van der Waals surface area contributed by atoms with Crippen molar-refractivity contribution in [3.05, 3.63) is 23.5 Å². The largest absolute Gasteiger partial charge is 0.380 e. The number of imidazole rings is 1. The summed E-state index contributed by atoms with van der Waals surface area (Å²) in [5.74, 6) is 0. The molecule has 0 saturated carbocycles. The van der Waals surface area contributed by atoms with Crippen LogP contribution >= 0.6 is 11.3 Å². The van der Waals surface area contributed by atoms with E-state index in [1.54, 1.807) is 18.4 Å². The Hall–Kier alpha value is -0.910. The van der Waals surface area contributed by atoms with Gasteiger partial charge in [0.25, 0.3) is 0 Å². The van der Waals surface area contributed by atoms with Crippen LogP contribution in [0.2, 0.25) is 0 Å². The maximum Gasteiger partial charge on any atom is 0.193 e. The fourth-order valence-electron chi connectivity index (χ4n) is 2.46. The standard InChI is InChI=1S/C14H23N3OS/c1-4-6-13(18-3)12(15-5-2)9-11-10-17-7-8-19-14(17)16-11/h7-8,10,12-13,15H,4-6,9H2,1-3H3. The highest BCUT2D eigenvalue weighted by Gasteiger charge is 2.21. The monoisotopic (exact) mass is 281 g/mol. The molecule has 0 amide bonds. The van der Waals surface area contributed by atoms with Gasteiger partial charge in [0.2, 0.25) is 0 Å². The first-order valence-electron chi connectivity index (χ1n) is 6.95. The summed E-state index contributed by atoms with van der Waals surface area (Å²) in [6, 6.07) is 0.333. The minimum Gasteiger partial charge on any atom is -0.380 e. The molecular weight excluding hydrogens is 258 g/mol. The fraction of sp³-hybridized carbons (Fsp3) is 0.643. The molecule has 0 saturated heterocycles. The Bertz CT molecular complexity index is 465. The Morgan fingerprint density at radius 2 is 2.32 bits per heavy atom. The normalized spacial score (nSPS) is 14.9. The van der Waals surface area contributed by atoms with Crippen molar-refractivity contribution >= 4 is 16.3 Å². The molecule has 2 atom stereocenters. The molecule has 2 unspecified atom stereocenters. The van der Waals surface area contributed by atoms with Crippen LogP contribution in [0, 0.1) is 0 Å². The molecule has 0 aliphatic carbocycles. The number of ether oxygens (including phenoxy) is 1. The number of aromatic nitrogens is 2. The van der Waals surface area contributed by atoms with Crippen LogP contribution in [0.5, 0.6) is 0 Å². The SMILES string of the molecule is CCCC(OC)C(Cc1cn2ccsc2n1)NCC. The van der Waals surface area contributed by atoms with Crippen LogP contribution in [-0.2, 0) is 11.2 Å². The summed E-state index contributed by atoms with van der Waals surface area (Å²) in [6.07, 6.45) is 7.56. The highest BCUT2D eigenvalue weighted by molar-refractivity contribution is 7.15. The van der Waals surface area contributed by atoms with E-state index in [4.69, 9.17) is 4.74 Å². The third-order valence-corrected chi connectivity index (χ3v) is 4.13. The fourth-order valence-corrected chi connectivity index (χ4v) is 3.18. The van der Waals surface area contributed by atoms with E-state index in [0.29, 0.717) is 6.04 Å². The Morgan fingerprint density at radius 1 is 1.47 bits per heavy atom. The van der Waals surface area contributed by atoms with Crippen molar-refractivity contribution in [3.63, 3.8) is 0 Å². The first-order valence-corrected chi connectivity index (χ1v) is 7.83. The quantitative estimate of drug-likeness (QED) is 0.808. The average molecular weight is 281 g/mol. The van der Waals surface area contributed by atoms with Gasteiger partial charge in [0.1, 0.15) is 0 Å². The van der Waals surface area contributed by atoms with Crippen molar-refractivity contribution in [1.29, 1.82) is 0 Å². The molecule has 19 heavy (non-hydrogen) atoms. The molecule has 5 heteroatoms. The molecule has 0 aliphatic heterocycles. The van der Waals surface area contributed by atoms with Crippen LogP contribution in [0.3, 0.4) is 0 Å². The summed E-state index contributed by atoms with van der Waals surface area (Å²) in [6.45, 7) is 5.29. The summed E-state index contributed by atoms with van der Waals surface area (Å²) < 4.78 is 7.73. The number of nitrogens with zero attached hydrogens (tertiary/aromatic N) is 2. The molecule has 2 heterocycles. The lowest BCUT2D eigenvalue weighted by atomic mass is 10.0. The number of thiazole rings is 1. The Kier molecular flexibility index (Phi) is 5.36. The van der Waals surface area contributed by atoms with Gasteiger partial charge in [-0.05, 0) is 13.0 Å². The van der Waals surface area contributed by atoms with Crippen molar-refractivity contribution in [2.45, 2.75) is 45.3 Å². The zero-order valence-electron chi connectivity index (χ0n) is 11.9. The lowest BCUT2D eigenvalue weighted by Crippen LogP contribution is -2.42. The first-order chi connectivity index (χ1) is 9.28. The van der Waals surface area contributed by atoms with E-state index in [2.05, 4.69) is 46.3 Å². The second-order valence-electron chi connectivity index (χ2n) is 4.76. The second-order valence-corrected chi connectivity index (χ2v) is 5.63. The summed E-state index contributed by atoms with van der Waals surface area (Å²) >= 11 is 1.67. The van der Waals surface area contributed by atoms with E-state index in [9.17, 15) is 0 Å². The summed E-state index contributed by atoms with van der Waals surface area (Å²) in [5, 5.41) is 5.59. The summed E-state index contributed by atoms with van der Waals surface area (Å²) in [7, 11) is 1.80. The van der Waals surface area contributed by atoms with E-state index >= 15 is 0 Å². The van der Waals surface area contributed by atoms with Gasteiger partial charge in [0, 0.05) is 37.3 Å². The predicted molar refractivity (Wildman–Crippen MR) is 79.9 cm³/mol. The third kappa shape index (κ3) is 3.55. The molecule has 0 bridgehead atoms. The van der Waals surface area contributed by atoms with Crippen molar-refractivity contribution in [2.24, 2.45) is 0 Å². The van der Waals surface area contributed by atoms with E-state index in [1.165, 1.54) is 0 Å². The zero-order chi connectivity index (χ0) is 13.7. The minimum atomic E-state index is 0.254. The second kappa shape index (κ2) is 7.03. The van der Waals surface area contributed by atoms with Crippen LogP contribution in [0.15, 0.2) is 17.8 Å². The molecule has 106 valence electrons. The molecule has 4 nitrogen and oxygen atoms in total. The highest BCUT2D eigenvalue weighted by Crippen LogP contribution is 2.15. The molecule has 0 spiro atoms. The van der Waals surface area contributed by atoms with Crippen molar-refractivity contribution in [2.75, 3.05) is 13.7 Å². The molecule has 0 aromatic carbocycles. The van der Waals surface area contributed by atoms with Gasteiger partial charge < -0.3 is 10.1 Å². The molecule has 0 radical (unpaired) electrons. The van der Waals surface area contributed by atoms with E-state index < -0.39 is 0 Å². The Labute approximate surface area is 118 Å². The van der Waals surface area contributed by atoms with E-state index in [1.807, 2.05) is 0 Å². The molecule has 0 fully saturated rings. The van der Waals surface area contributed by atoms with Gasteiger partial charge in [-0.15, -0.1) is 11.3 Å². The maximum atomic E-state index is 5.64. The van der Waals surface area contributed by atoms with Crippen molar-refractivity contribution in [1.82, 2.24) is 14.7 Å². The molecule has 0 aliphatic rings. The number of rotatable bonds is 8. The molecule has 2 aromatic rings. The lowest BCUT2D eigenvalue weighted by molar-refractivity contribution is 0.0611. The molecular formula is C14H23N3OS. The van der Waals surface area contributed by atoms with Crippen molar-refractivity contribution < 1.29 is 4.74 Å². The lowest BCUT2D eigenvalue weighted by Gasteiger charge is -2.26. The average Bonchev–Trinajstić information content (AvgIpc) is 2.96. The number of fused-ring (bicyclic) bond motifs is 1. The molecule has 1 N–H and O–H groups in total. The topological polar surface area (TPSA) is 38.6 Å². The van der Waals surface area contributed by atoms with Crippen LogP contribution in [0.4, 0.5) is 0 Å². The van der Waals surface area contributed by atoms with Gasteiger partial charge in [0.05, 0.1) is 11.8 Å². The van der Waals surface area contributed by atoms with Gasteiger partial charge in [-0.3, -0.25) is 4.40 Å². The van der Waals surface area contributed by atoms with Gasteiger partial charge in [-0.1, -0.05) is 20.3 Å². The molecule has 2 aromatic heterocycles. The van der Waals surface area contributed by atoms with E-state index in [0.717, 1.165) is 36.5 Å². The third-order valence-electron chi connectivity index (χ3n) is 3.36. The highest BCUT2D eigenvalue weighted by atomic mass is 32.1. The number of methoxy groups -OCH3 is 1. The van der Waals surface area contributed by atoms with E-state index in [-0.39, 0.29) is 6.10 Å². The number of hydrogen-bond acceptors (Lipinski definition) is 4. The zero-order valence-corrected chi connectivity index (χ0v) is 12.7. The van der Waals surface area contributed by atoms with Crippen molar-refractivity contribution in [3.8, 4) is 0 Å². The van der Waals surface area contributed by atoms with Gasteiger partial charge >= 0.3 is 0 Å². The maximum absolute atomic E-state index is 5.64.